The van der Waals surface area contributed by atoms with Crippen molar-refractivity contribution in [1.29, 1.82) is 0 Å². The summed E-state index contributed by atoms with van der Waals surface area (Å²) in [5.74, 6) is 1.79. The van der Waals surface area contributed by atoms with Gasteiger partial charge in [-0.3, -0.25) is 0 Å². The van der Waals surface area contributed by atoms with Crippen molar-refractivity contribution >= 4 is 23.2 Å². The first-order valence-corrected chi connectivity index (χ1v) is 8.27. The number of hydrogen-bond donors (Lipinski definition) is 1. The van der Waals surface area contributed by atoms with Gasteiger partial charge in [-0.05, 0) is 37.6 Å². The van der Waals surface area contributed by atoms with E-state index in [2.05, 4.69) is 15.4 Å². The number of aryl methyl sites for hydroxylation is 1. The molecule has 0 atom stereocenters. The molecule has 0 spiro atoms. The summed E-state index contributed by atoms with van der Waals surface area (Å²) in [5.41, 5.74) is 2.40. The molecule has 0 aliphatic carbocycles. The SMILES string of the molecule is CCOC(=O)Oc1cn2ncnc(Nc3ccc(OC)cc3)c2c1CC. The van der Waals surface area contributed by atoms with E-state index in [1.165, 1.54) is 6.33 Å². The zero-order valence-electron chi connectivity index (χ0n) is 14.9. The molecule has 3 aromatic rings. The lowest BCUT2D eigenvalue weighted by Gasteiger charge is -2.09. The monoisotopic (exact) mass is 356 g/mol. The molecular weight excluding hydrogens is 336 g/mol. The highest BCUT2D eigenvalue weighted by Gasteiger charge is 2.18. The largest absolute Gasteiger partial charge is 0.513 e. The first-order valence-electron chi connectivity index (χ1n) is 8.27. The average Bonchev–Trinajstić information content (AvgIpc) is 3.00. The fraction of sp³-hybridized carbons (Fsp3) is 0.278. The Morgan fingerprint density at radius 1 is 1.23 bits per heavy atom. The van der Waals surface area contributed by atoms with Gasteiger partial charge in [0.15, 0.2) is 11.6 Å². The van der Waals surface area contributed by atoms with Gasteiger partial charge in [-0.1, -0.05) is 6.92 Å². The van der Waals surface area contributed by atoms with Crippen LogP contribution in [0, 0.1) is 0 Å². The number of fused-ring (bicyclic) bond motifs is 1. The van der Waals surface area contributed by atoms with Crippen LogP contribution < -0.4 is 14.8 Å². The van der Waals surface area contributed by atoms with E-state index in [0.717, 1.165) is 22.5 Å². The highest BCUT2D eigenvalue weighted by molar-refractivity contribution is 5.80. The third kappa shape index (κ3) is 3.53. The Hall–Kier alpha value is -3.29. The van der Waals surface area contributed by atoms with Gasteiger partial charge in [0.1, 0.15) is 17.6 Å². The van der Waals surface area contributed by atoms with Crippen molar-refractivity contribution in [2.24, 2.45) is 0 Å². The van der Waals surface area contributed by atoms with Gasteiger partial charge < -0.3 is 19.5 Å². The molecule has 136 valence electrons. The van der Waals surface area contributed by atoms with Crippen LogP contribution in [0.25, 0.3) is 5.52 Å². The van der Waals surface area contributed by atoms with Crippen LogP contribution in [0.3, 0.4) is 0 Å². The molecule has 2 aromatic heterocycles. The third-order valence-electron chi connectivity index (χ3n) is 3.80. The number of carbonyl (C=O) groups excluding carboxylic acids is 1. The van der Waals surface area contributed by atoms with Gasteiger partial charge in [0.25, 0.3) is 0 Å². The number of carbonyl (C=O) groups is 1. The van der Waals surface area contributed by atoms with E-state index in [0.29, 0.717) is 18.0 Å². The first-order chi connectivity index (χ1) is 12.7. The second-order valence-corrected chi connectivity index (χ2v) is 5.37. The van der Waals surface area contributed by atoms with E-state index >= 15 is 0 Å². The van der Waals surface area contributed by atoms with E-state index in [9.17, 15) is 4.79 Å². The summed E-state index contributed by atoms with van der Waals surface area (Å²) in [6, 6.07) is 7.49. The predicted molar refractivity (Wildman–Crippen MR) is 96.3 cm³/mol. The number of benzene rings is 1. The molecule has 0 saturated heterocycles. The van der Waals surface area contributed by atoms with Crippen molar-refractivity contribution in [1.82, 2.24) is 14.6 Å². The van der Waals surface area contributed by atoms with Crippen LogP contribution in [-0.4, -0.2) is 34.5 Å². The molecule has 0 saturated carbocycles. The van der Waals surface area contributed by atoms with Crippen LogP contribution in [0.15, 0.2) is 36.8 Å². The van der Waals surface area contributed by atoms with Gasteiger partial charge in [0.2, 0.25) is 0 Å². The van der Waals surface area contributed by atoms with Crippen molar-refractivity contribution in [3.05, 3.63) is 42.4 Å². The van der Waals surface area contributed by atoms with Crippen LogP contribution >= 0.6 is 0 Å². The Labute approximate surface area is 150 Å². The highest BCUT2D eigenvalue weighted by atomic mass is 16.7. The fourth-order valence-electron chi connectivity index (χ4n) is 2.62. The Morgan fingerprint density at radius 2 is 2.00 bits per heavy atom. The molecule has 1 aromatic carbocycles. The van der Waals surface area contributed by atoms with E-state index in [-0.39, 0.29) is 6.61 Å². The van der Waals surface area contributed by atoms with Crippen molar-refractivity contribution < 1.29 is 19.0 Å². The summed E-state index contributed by atoms with van der Waals surface area (Å²) in [6.07, 6.45) is 2.98. The number of methoxy groups -OCH3 is 1. The van der Waals surface area contributed by atoms with Gasteiger partial charge in [0.05, 0.1) is 19.9 Å². The quantitative estimate of drug-likeness (QED) is 0.675. The number of hydrogen-bond acceptors (Lipinski definition) is 7. The number of aromatic nitrogens is 3. The lowest BCUT2D eigenvalue weighted by molar-refractivity contribution is 0.104. The van der Waals surface area contributed by atoms with Crippen molar-refractivity contribution in [3.63, 3.8) is 0 Å². The maximum atomic E-state index is 11.7. The number of nitrogens with one attached hydrogen (secondary N) is 1. The second kappa shape index (κ2) is 7.73. The molecule has 8 nitrogen and oxygen atoms in total. The standard InChI is InChI=1S/C18H20N4O4/c1-4-14-15(26-18(23)25-5-2)10-22-16(14)17(19-11-20-22)21-12-6-8-13(24-3)9-7-12/h6-11H,4-5H2,1-3H3,(H,19,20,21). The average molecular weight is 356 g/mol. The maximum Gasteiger partial charge on any atom is 0.513 e. The maximum absolute atomic E-state index is 11.7. The number of nitrogens with zero attached hydrogens (tertiary/aromatic N) is 3. The molecule has 0 bridgehead atoms. The number of rotatable bonds is 6. The summed E-state index contributed by atoms with van der Waals surface area (Å²) >= 11 is 0. The predicted octanol–water partition coefficient (Wildman–Crippen LogP) is 3.58. The Balaban J connectivity index is 1.97. The lowest BCUT2D eigenvalue weighted by atomic mass is 10.2. The van der Waals surface area contributed by atoms with Gasteiger partial charge in [0, 0.05) is 11.3 Å². The summed E-state index contributed by atoms with van der Waals surface area (Å²) in [5, 5.41) is 7.47. The third-order valence-corrected chi connectivity index (χ3v) is 3.80. The van der Waals surface area contributed by atoms with Gasteiger partial charge in [-0.2, -0.15) is 5.10 Å². The Bertz CT molecular complexity index is 905. The van der Waals surface area contributed by atoms with Gasteiger partial charge >= 0.3 is 6.16 Å². The minimum Gasteiger partial charge on any atom is -0.497 e. The van der Waals surface area contributed by atoms with Crippen LogP contribution in [0.5, 0.6) is 11.5 Å². The smallest absolute Gasteiger partial charge is 0.497 e. The molecule has 26 heavy (non-hydrogen) atoms. The normalized spacial score (nSPS) is 10.6. The molecular formula is C18H20N4O4. The number of ether oxygens (including phenoxy) is 3. The Kier molecular flexibility index (Phi) is 5.21. The molecule has 0 amide bonds. The van der Waals surface area contributed by atoms with E-state index in [1.54, 1.807) is 24.7 Å². The number of anilines is 2. The van der Waals surface area contributed by atoms with E-state index < -0.39 is 6.16 Å². The topological polar surface area (TPSA) is 87.0 Å². The van der Waals surface area contributed by atoms with Crippen molar-refractivity contribution in [2.75, 3.05) is 19.0 Å². The molecule has 0 radical (unpaired) electrons. The van der Waals surface area contributed by atoms with Crippen LogP contribution in [0.1, 0.15) is 19.4 Å². The fourth-order valence-corrected chi connectivity index (χ4v) is 2.62. The molecule has 0 aliphatic heterocycles. The zero-order chi connectivity index (χ0) is 18.5. The lowest BCUT2D eigenvalue weighted by Crippen LogP contribution is -2.10. The Morgan fingerprint density at radius 3 is 2.65 bits per heavy atom. The van der Waals surface area contributed by atoms with Gasteiger partial charge in [-0.25, -0.2) is 14.3 Å². The molecule has 3 rings (SSSR count). The summed E-state index contributed by atoms with van der Waals surface area (Å²) in [6.45, 7) is 3.94. The van der Waals surface area contributed by atoms with Crippen LogP contribution in [-0.2, 0) is 11.2 Å². The molecule has 1 N–H and O–H groups in total. The van der Waals surface area contributed by atoms with E-state index in [4.69, 9.17) is 14.2 Å². The summed E-state index contributed by atoms with van der Waals surface area (Å²) in [7, 11) is 1.62. The van der Waals surface area contributed by atoms with Crippen molar-refractivity contribution in [2.45, 2.75) is 20.3 Å². The first kappa shape index (κ1) is 17.5. The minimum atomic E-state index is -0.740. The summed E-state index contributed by atoms with van der Waals surface area (Å²) in [4.78, 5) is 16.0. The molecule has 2 heterocycles. The van der Waals surface area contributed by atoms with E-state index in [1.807, 2.05) is 31.2 Å². The molecule has 8 heteroatoms. The molecule has 0 fully saturated rings. The summed E-state index contributed by atoms with van der Waals surface area (Å²) < 4.78 is 17.0. The highest BCUT2D eigenvalue weighted by Crippen LogP contribution is 2.31. The minimum absolute atomic E-state index is 0.248. The van der Waals surface area contributed by atoms with Crippen LogP contribution in [0.2, 0.25) is 0 Å². The van der Waals surface area contributed by atoms with Crippen molar-refractivity contribution in [3.8, 4) is 11.5 Å². The zero-order valence-corrected chi connectivity index (χ0v) is 14.9. The van der Waals surface area contributed by atoms with Crippen LogP contribution in [0.4, 0.5) is 16.3 Å². The molecule has 0 unspecified atom stereocenters. The van der Waals surface area contributed by atoms with Gasteiger partial charge in [-0.15, -0.1) is 0 Å². The molecule has 0 aliphatic rings. The second-order valence-electron chi connectivity index (χ2n) is 5.37.